The standard InChI is InChI=1S/C21H18ClN3OS2/c1-27-17-7-5-14(6-8-17)18-10-20(26)25-12-24(13-28-21(25)19(18)11-23)16-4-2-3-15(22)9-16/h2-9,18H,10,12-13H2,1H3/t18-/m0/s1. The lowest BCUT2D eigenvalue weighted by molar-refractivity contribution is -0.129. The number of benzene rings is 2. The second kappa shape index (κ2) is 8.12. The van der Waals surface area contributed by atoms with Crippen molar-refractivity contribution >= 4 is 46.7 Å². The molecule has 0 radical (unpaired) electrons. The van der Waals surface area contributed by atoms with Crippen LogP contribution in [0.15, 0.2) is 64.0 Å². The summed E-state index contributed by atoms with van der Waals surface area (Å²) in [5.41, 5.74) is 2.68. The molecule has 2 aliphatic rings. The highest BCUT2D eigenvalue weighted by molar-refractivity contribution is 8.03. The van der Waals surface area contributed by atoms with Crippen molar-refractivity contribution in [3.8, 4) is 6.07 Å². The van der Waals surface area contributed by atoms with Crippen molar-refractivity contribution in [2.75, 3.05) is 23.7 Å². The van der Waals surface area contributed by atoms with Gasteiger partial charge in [0, 0.05) is 27.9 Å². The van der Waals surface area contributed by atoms with Crippen LogP contribution in [0.3, 0.4) is 0 Å². The largest absolute Gasteiger partial charge is 0.344 e. The summed E-state index contributed by atoms with van der Waals surface area (Å²) < 4.78 is 0. The average Bonchev–Trinajstić information content (AvgIpc) is 2.73. The van der Waals surface area contributed by atoms with Crippen LogP contribution < -0.4 is 4.90 Å². The molecule has 7 heteroatoms. The van der Waals surface area contributed by atoms with E-state index >= 15 is 0 Å². The first-order valence-electron chi connectivity index (χ1n) is 8.82. The summed E-state index contributed by atoms with van der Waals surface area (Å²) in [5.74, 6) is 0.542. The van der Waals surface area contributed by atoms with Crippen LogP contribution in [0.2, 0.25) is 5.02 Å². The Bertz CT molecular complexity index is 984. The molecule has 2 aromatic rings. The number of amides is 1. The molecule has 28 heavy (non-hydrogen) atoms. The van der Waals surface area contributed by atoms with Gasteiger partial charge >= 0.3 is 0 Å². The number of anilines is 1. The van der Waals surface area contributed by atoms with Crippen LogP contribution in [0.5, 0.6) is 0 Å². The van der Waals surface area contributed by atoms with Crippen LogP contribution >= 0.6 is 35.1 Å². The minimum atomic E-state index is -0.176. The highest BCUT2D eigenvalue weighted by Gasteiger charge is 2.38. The highest BCUT2D eigenvalue weighted by atomic mass is 35.5. The molecule has 0 bridgehead atoms. The molecule has 0 saturated carbocycles. The predicted octanol–water partition coefficient (Wildman–Crippen LogP) is 5.28. The molecule has 142 valence electrons. The Morgan fingerprint density at radius 2 is 2.04 bits per heavy atom. The minimum Gasteiger partial charge on any atom is -0.344 e. The van der Waals surface area contributed by atoms with Gasteiger partial charge in [-0.3, -0.25) is 9.69 Å². The second-order valence-electron chi connectivity index (χ2n) is 6.62. The number of rotatable bonds is 3. The molecule has 1 saturated heterocycles. The maximum atomic E-state index is 13.0. The Morgan fingerprint density at radius 1 is 1.25 bits per heavy atom. The lowest BCUT2D eigenvalue weighted by Gasteiger charge is -2.42. The number of thioether (sulfide) groups is 2. The van der Waals surface area contributed by atoms with Crippen LogP contribution in [-0.2, 0) is 4.79 Å². The molecule has 1 amide bonds. The van der Waals surface area contributed by atoms with E-state index in [2.05, 4.69) is 11.0 Å². The van der Waals surface area contributed by atoms with Gasteiger partial charge in [-0.15, -0.1) is 11.8 Å². The van der Waals surface area contributed by atoms with Gasteiger partial charge in [0.2, 0.25) is 5.91 Å². The topological polar surface area (TPSA) is 47.3 Å². The predicted molar refractivity (Wildman–Crippen MR) is 116 cm³/mol. The first kappa shape index (κ1) is 19.3. The van der Waals surface area contributed by atoms with Crippen molar-refractivity contribution < 1.29 is 4.79 Å². The van der Waals surface area contributed by atoms with Crippen molar-refractivity contribution in [3.05, 3.63) is 69.7 Å². The van der Waals surface area contributed by atoms with E-state index in [0.29, 0.717) is 29.6 Å². The summed E-state index contributed by atoms with van der Waals surface area (Å²) in [6, 6.07) is 18.2. The van der Waals surface area contributed by atoms with Crippen LogP contribution in [0.1, 0.15) is 17.9 Å². The van der Waals surface area contributed by atoms with E-state index in [9.17, 15) is 10.1 Å². The number of hydrogen-bond acceptors (Lipinski definition) is 5. The Hall–Kier alpha value is -2.07. The maximum Gasteiger partial charge on any atom is 0.229 e. The second-order valence-corrected chi connectivity index (χ2v) is 8.87. The van der Waals surface area contributed by atoms with E-state index < -0.39 is 0 Å². The van der Waals surface area contributed by atoms with Crippen LogP contribution in [-0.4, -0.2) is 29.6 Å². The van der Waals surface area contributed by atoms with Gasteiger partial charge in [0.05, 0.1) is 29.2 Å². The monoisotopic (exact) mass is 427 g/mol. The molecule has 4 rings (SSSR count). The van der Waals surface area contributed by atoms with Crippen LogP contribution in [0.25, 0.3) is 0 Å². The first-order chi connectivity index (χ1) is 13.6. The molecular formula is C21H18ClN3OS2. The lowest BCUT2D eigenvalue weighted by atomic mass is 9.86. The maximum absolute atomic E-state index is 13.0. The van der Waals surface area contributed by atoms with Gasteiger partial charge in [-0.1, -0.05) is 41.6 Å². The summed E-state index contributed by atoms with van der Waals surface area (Å²) in [6.45, 7) is 0.435. The smallest absolute Gasteiger partial charge is 0.229 e. The number of nitriles is 1. The van der Waals surface area contributed by atoms with Gasteiger partial charge in [-0.2, -0.15) is 5.26 Å². The summed E-state index contributed by atoms with van der Waals surface area (Å²) in [7, 11) is 0. The molecular weight excluding hydrogens is 410 g/mol. The summed E-state index contributed by atoms with van der Waals surface area (Å²) in [5, 5.41) is 11.3. The molecule has 0 N–H and O–H groups in total. The fraction of sp³-hybridized carbons (Fsp3) is 0.238. The van der Waals surface area contributed by atoms with E-state index in [1.54, 1.807) is 16.7 Å². The molecule has 0 spiro atoms. The number of carbonyl (C=O) groups excluding carboxylic acids is 1. The highest BCUT2D eigenvalue weighted by Crippen LogP contribution is 2.43. The van der Waals surface area contributed by atoms with Crippen LogP contribution in [0.4, 0.5) is 5.69 Å². The number of carbonyl (C=O) groups is 1. The number of hydrogen-bond donors (Lipinski definition) is 0. The van der Waals surface area contributed by atoms with Gasteiger partial charge in [-0.05, 0) is 42.2 Å². The molecule has 0 unspecified atom stereocenters. The molecule has 1 atom stereocenters. The molecule has 2 aromatic carbocycles. The zero-order valence-electron chi connectivity index (χ0n) is 15.3. The van der Waals surface area contributed by atoms with Gasteiger partial charge in [0.25, 0.3) is 0 Å². The zero-order chi connectivity index (χ0) is 19.7. The molecule has 2 aliphatic heterocycles. The van der Waals surface area contributed by atoms with Gasteiger partial charge in [0.1, 0.15) is 0 Å². The van der Waals surface area contributed by atoms with Crippen molar-refractivity contribution in [2.45, 2.75) is 17.2 Å². The van der Waals surface area contributed by atoms with E-state index in [4.69, 9.17) is 11.6 Å². The number of allylic oxidation sites excluding steroid dienone is 1. The van der Waals surface area contributed by atoms with Gasteiger partial charge < -0.3 is 4.90 Å². The van der Waals surface area contributed by atoms with E-state index in [-0.39, 0.29) is 11.8 Å². The van der Waals surface area contributed by atoms with Crippen molar-refractivity contribution in [2.24, 2.45) is 0 Å². The fourth-order valence-corrected chi connectivity index (χ4v) is 5.28. The fourth-order valence-electron chi connectivity index (χ4n) is 3.52. The average molecular weight is 428 g/mol. The molecule has 0 aliphatic carbocycles. The summed E-state index contributed by atoms with van der Waals surface area (Å²) in [6.07, 6.45) is 2.35. The quantitative estimate of drug-likeness (QED) is 0.623. The normalized spacial score (nSPS) is 19.5. The molecule has 0 aromatic heterocycles. The van der Waals surface area contributed by atoms with Crippen molar-refractivity contribution in [1.82, 2.24) is 4.90 Å². The molecule has 4 nitrogen and oxygen atoms in total. The third kappa shape index (κ3) is 3.62. The SMILES string of the molecule is CSc1ccc([C@@H]2CC(=O)N3CN(c4cccc(Cl)c4)CSC3=C2C#N)cc1. The molecule has 2 heterocycles. The van der Waals surface area contributed by atoms with E-state index in [1.807, 2.05) is 54.8 Å². The first-order valence-corrected chi connectivity index (χ1v) is 11.4. The summed E-state index contributed by atoms with van der Waals surface area (Å²) in [4.78, 5) is 18.0. The van der Waals surface area contributed by atoms with E-state index in [0.717, 1.165) is 16.3 Å². The Morgan fingerprint density at radius 3 is 2.71 bits per heavy atom. The zero-order valence-corrected chi connectivity index (χ0v) is 17.7. The van der Waals surface area contributed by atoms with Gasteiger partial charge in [-0.25, -0.2) is 0 Å². The lowest BCUT2D eigenvalue weighted by Crippen LogP contribution is -2.47. The Labute approximate surface area is 178 Å². The third-order valence-electron chi connectivity index (χ3n) is 4.99. The molecule has 1 fully saturated rings. The van der Waals surface area contributed by atoms with Crippen LogP contribution in [0, 0.1) is 11.3 Å². The Kier molecular flexibility index (Phi) is 5.58. The van der Waals surface area contributed by atoms with Gasteiger partial charge in [0.15, 0.2) is 0 Å². The van der Waals surface area contributed by atoms with E-state index in [1.165, 1.54) is 16.7 Å². The third-order valence-corrected chi connectivity index (χ3v) is 7.12. The minimum absolute atomic E-state index is 0.0483. The number of nitrogens with zero attached hydrogens (tertiary/aromatic N) is 3. The summed E-state index contributed by atoms with van der Waals surface area (Å²) >= 11 is 9.33. The number of fused-ring (bicyclic) bond motifs is 1. The number of halogens is 1. The van der Waals surface area contributed by atoms with Crippen molar-refractivity contribution in [1.29, 1.82) is 5.26 Å². The Balaban J connectivity index is 1.65. The van der Waals surface area contributed by atoms with Crippen molar-refractivity contribution in [3.63, 3.8) is 0 Å².